The summed E-state index contributed by atoms with van der Waals surface area (Å²) in [5.41, 5.74) is 2.85. The van der Waals surface area contributed by atoms with Crippen LogP contribution in [0, 0.1) is 0 Å². The summed E-state index contributed by atoms with van der Waals surface area (Å²) in [6.45, 7) is 2.06. The van der Waals surface area contributed by atoms with Gasteiger partial charge in [0.25, 0.3) is 0 Å². The van der Waals surface area contributed by atoms with E-state index < -0.39 is 0 Å². The van der Waals surface area contributed by atoms with E-state index >= 15 is 0 Å². The molecule has 1 aromatic heterocycles. The first kappa shape index (κ1) is 13.0. The molecule has 0 radical (unpaired) electrons. The molecule has 1 heterocycles. The van der Waals surface area contributed by atoms with Crippen LogP contribution in [0.25, 0.3) is 0 Å². The number of rotatable bonds is 4. The van der Waals surface area contributed by atoms with Crippen LogP contribution in [-0.2, 0) is 12.8 Å². The molecule has 0 saturated heterocycles. The molecular weight excluding hydrogens is 290 g/mol. The predicted octanol–water partition coefficient (Wildman–Crippen LogP) is 3.83. The highest BCUT2D eigenvalue weighted by molar-refractivity contribution is 9.10. The molecule has 0 unspecified atom stereocenters. The maximum Gasteiger partial charge on any atom is 0.167 e. The van der Waals surface area contributed by atoms with E-state index in [9.17, 15) is 4.79 Å². The average molecular weight is 304 g/mol. The fourth-order valence-corrected chi connectivity index (χ4v) is 2.35. The van der Waals surface area contributed by atoms with Crippen LogP contribution in [-0.4, -0.2) is 10.8 Å². The van der Waals surface area contributed by atoms with Crippen molar-refractivity contribution in [2.45, 2.75) is 19.8 Å². The molecule has 2 aromatic rings. The molecule has 0 spiro atoms. The standard InChI is InChI=1S/C15H14BrNO/c1-2-12-5-3-4-6-14(12)15(18)8-11-7-13(16)10-17-9-11/h3-7,9-10H,2,8H2,1H3. The molecule has 18 heavy (non-hydrogen) atoms. The number of aryl methyl sites for hydroxylation is 1. The van der Waals surface area contributed by atoms with Gasteiger partial charge in [-0.2, -0.15) is 0 Å². The van der Waals surface area contributed by atoms with E-state index in [0.717, 1.165) is 27.6 Å². The van der Waals surface area contributed by atoms with Gasteiger partial charge in [0.1, 0.15) is 0 Å². The molecular formula is C15H14BrNO. The Balaban J connectivity index is 2.22. The van der Waals surface area contributed by atoms with Crippen molar-refractivity contribution in [3.63, 3.8) is 0 Å². The Morgan fingerprint density at radius 1 is 1.28 bits per heavy atom. The fourth-order valence-electron chi connectivity index (χ4n) is 1.93. The minimum atomic E-state index is 0.146. The molecule has 0 saturated carbocycles. The highest BCUT2D eigenvalue weighted by Crippen LogP contribution is 2.15. The van der Waals surface area contributed by atoms with Gasteiger partial charge in [0.2, 0.25) is 0 Å². The van der Waals surface area contributed by atoms with Crippen LogP contribution < -0.4 is 0 Å². The van der Waals surface area contributed by atoms with Gasteiger partial charge in [0, 0.05) is 28.9 Å². The number of halogens is 1. The SMILES string of the molecule is CCc1ccccc1C(=O)Cc1cncc(Br)c1. The summed E-state index contributed by atoms with van der Waals surface area (Å²) in [5.74, 6) is 0.146. The van der Waals surface area contributed by atoms with Crippen molar-refractivity contribution in [3.8, 4) is 0 Å². The number of nitrogens with zero attached hydrogens (tertiary/aromatic N) is 1. The number of ketones is 1. The van der Waals surface area contributed by atoms with Crippen molar-refractivity contribution >= 4 is 21.7 Å². The van der Waals surface area contributed by atoms with Crippen molar-refractivity contribution in [2.24, 2.45) is 0 Å². The number of benzene rings is 1. The molecule has 0 aliphatic carbocycles. The van der Waals surface area contributed by atoms with E-state index in [-0.39, 0.29) is 5.78 Å². The Labute approximate surface area is 115 Å². The third-order valence-electron chi connectivity index (χ3n) is 2.82. The van der Waals surface area contributed by atoms with Crippen LogP contribution in [0.15, 0.2) is 47.2 Å². The third kappa shape index (κ3) is 3.05. The normalized spacial score (nSPS) is 10.3. The van der Waals surface area contributed by atoms with Gasteiger partial charge in [0.15, 0.2) is 5.78 Å². The van der Waals surface area contributed by atoms with Gasteiger partial charge in [0.05, 0.1) is 0 Å². The highest BCUT2D eigenvalue weighted by atomic mass is 79.9. The number of Topliss-reactive ketones (excluding diaryl/α,β-unsaturated/α-hetero) is 1. The van der Waals surface area contributed by atoms with E-state index in [1.807, 2.05) is 30.3 Å². The smallest absolute Gasteiger partial charge is 0.167 e. The predicted molar refractivity (Wildman–Crippen MR) is 75.8 cm³/mol. The van der Waals surface area contributed by atoms with Crippen LogP contribution in [0.2, 0.25) is 0 Å². The van der Waals surface area contributed by atoms with Gasteiger partial charge < -0.3 is 0 Å². The number of pyridine rings is 1. The first-order chi connectivity index (χ1) is 8.70. The summed E-state index contributed by atoms with van der Waals surface area (Å²) >= 11 is 3.36. The van der Waals surface area contributed by atoms with Gasteiger partial charge in [-0.05, 0) is 39.5 Å². The van der Waals surface area contributed by atoms with Crippen LogP contribution in [0.4, 0.5) is 0 Å². The number of aromatic nitrogens is 1. The van der Waals surface area contributed by atoms with Crippen molar-refractivity contribution in [3.05, 3.63) is 63.9 Å². The zero-order valence-corrected chi connectivity index (χ0v) is 11.8. The zero-order chi connectivity index (χ0) is 13.0. The van der Waals surface area contributed by atoms with Crippen LogP contribution in [0.3, 0.4) is 0 Å². The Morgan fingerprint density at radius 2 is 2.06 bits per heavy atom. The van der Waals surface area contributed by atoms with E-state index in [1.54, 1.807) is 12.4 Å². The fraction of sp³-hybridized carbons (Fsp3) is 0.200. The largest absolute Gasteiger partial charge is 0.294 e. The summed E-state index contributed by atoms with van der Waals surface area (Å²) in [6.07, 6.45) is 4.72. The van der Waals surface area contributed by atoms with E-state index in [4.69, 9.17) is 0 Å². The molecule has 0 N–H and O–H groups in total. The lowest BCUT2D eigenvalue weighted by Crippen LogP contribution is -2.07. The number of hydrogen-bond acceptors (Lipinski definition) is 2. The first-order valence-electron chi connectivity index (χ1n) is 5.91. The molecule has 1 aromatic carbocycles. The molecule has 92 valence electrons. The van der Waals surface area contributed by atoms with Gasteiger partial charge in [-0.15, -0.1) is 0 Å². The summed E-state index contributed by atoms with van der Waals surface area (Å²) in [6, 6.07) is 9.71. The Hall–Kier alpha value is -1.48. The van der Waals surface area contributed by atoms with Crippen molar-refractivity contribution in [2.75, 3.05) is 0 Å². The van der Waals surface area contributed by atoms with E-state index in [2.05, 4.69) is 27.8 Å². The average Bonchev–Trinajstić information content (AvgIpc) is 2.38. The molecule has 0 bridgehead atoms. The van der Waals surface area contributed by atoms with Gasteiger partial charge >= 0.3 is 0 Å². The van der Waals surface area contributed by atoms with Crippen molar-refractivity contribution in [1.82, 2.24) is 4.98 Å². The lowest BCUT2D eigenvalue weighted by Gasteiger charge is -2.06. The summed E-state index contributed by atoms with van der Waals surface area (Å²) < 4.78 is 0.900. The molecule has 2 rings (SSSR count). The summed E-state index contributed by atoms with van der Waals surface area (Å²) in [5, 5.41) is 0. The minimum Gasteiger partial charge on any atom is -0.294 e. The second kappa shape index (κ2) is 5.91. The number of hydrogen-bond donors (Lipinski definition) is 0. The van der Waals surface area contributed by atoms with Gasteiger partial charge in [-0.25, -0.2) is 0 Å². The van der Waals surface area contributed by atoms with E-state index in [0.29, 0.717) is 6.42 Å². The summed E-state index contributed by atoms with van der Waals surface area (Å²) in [4.78, 5) is 16.3. The Morgan fingerprint density at radius 3 is 2.78 bits per heavy atom. The second-order valence-corrected chi connectivity index (χ2v) is 5.04. The lowest BCUT2D eigenvalue weighted by molar-refractivity contribution is 0.0992. The number of carbonyl (C=O) groups is 1. The van der Waals surface area contributed by atoms with Crippen LogP contribution in [0.1, 0.15) is 28.4 Å². The van der Waals surface area contributed by atoms with Crippen molar-refractivity contribution in [1.29, 1.82) is 0 Å². The topological polar surface area (TPSA) is 30.0 Å². The molecule has 0 atom stereocenters. The van der Waals surface area contributed by atoms with Gasteiger partial charge in [-0.3, -0.25) is 9.78 Å². The zero-order valence-electron chi connectivity index (χ0n) is 10.2. The van der Waals surface area contributed by atoms with Crippen LogP contribution >= 0.6 is 15.9 Å². The molecule has 0 aliphatic heterocycles. The second-order valence-electron chi connectivity index (χ2n) is 4.12. The molecule has 0 aliphatic rings. The summed E-state index contributed by atoms with van der Waals surface area (Å²) in [7, 11) is 0. The minimum absolute atomic E-state index is 0.146. The number of carbonyl (C=O) groups excluding carboxylic acids is 1. The molecule has 3 heteroatoms. The Bertz CT molecular complexity index is 566. The van der Waals surface area contributed by atoms with E-state index in [1.165, 1.54) is 0 Å². The third-order valence-corrected chi connectivity index (χ3v) is 3.26. The van der Waals surface area contributed by atoms with Gasteiger partial charge in [-0.1, -0.05) is 31.2 Å². The molecule has 0 fully saturated rings. The van der Waals surface area contributed by atoms with Crippen molar-refractivity contribution < 1.29 is 4.79 Å². The molecule has 2 nitrogen and oxygen atoms in total. The quantitative estimate of drug-likeness (QED) is 0.804. The Kier molecular flexibility index (Phi) is 4.26. The highest BCUT2D eigenvalue weighted by Gasteiger charge is 2.10. The first-order valence-corrected chi connectivity index (χ1v) is 6.70. The monoisotopic (exact) mass is 303 g/mol. The van der Waals surface area contributed by atoms with Crippen LogP contribution in [0.5, 0.6) is 0 Å². The molecule has 0 amide bonds. The maximum atomic E-state index is 12.3. The maximum absolute atomic E-state index is 12.3. The lowest BCUT2D eigenvalue weighted by atomic mass is 9.98.